The number of halogens is 4. The van der Waals surface area contributed by atoms with Gasteiger partial charge in [-0.05, 0) is 66.0 Å². The maximum absolute atomic E-state index is 13.3. The molecule has 0 saturated heterocycles. The maximum Gasteiger partial charge on any atom is 0.261 e. The molecule has 2 rings (SSSR count). The Morgan fingerprint density at radius 1 is 1.09 bits per heavy atom. The second-order valence-electron chi connectivity index (χ2n) is 7.33. The van der Waals surface area contributed by atoms with E-state index < -0.39 is 6.04 Å². The van der Waals surface area contributed by atoms with Crippen molar-refractivity contribution in [3.63, 3.8) is 0 Å². The monoisotopic (exact) mass is 562 g/mol. The van der Waals surface area contributed by atoms with E-state index in [-0.39, 0.29) is 31.0 Å². The molecule has 0 saturated carbocycles. The fraction of sp³-hybridized carbons (Fsp3) is 0.391. The molecule has 2 atom stereocenters. The summed E-state index contributed by atoms with van der Waals surface area (Å²) in [5.41, 5.74) is 0.576. The normalized spacial score (nSPS) is 12.7. The molecule has 2 amide bonds. The highest BCUT2D eigenvalue weighted by molar-refractivity contribution is 9.10. The summed E-state index contributed by atoms with van der Waals surface area (Å²) in [6.45, 7) is 5.56. The largest absolute Gasteiger partial charge is 0.483 e. The Labute approximate surface area is 212 Å². The summed E-state index contributed by atoms with van der Waals surface area (Å²) in [4.78, 5) is 27.7. The minimum atomic E-state index is -0.707. The molecular weight excluding hydrogens is 539 g/mol. The summed E-state index contributed by atoms with van der Waals surface area (Å²) in [5, 5.41) is 4.35. The van der Waals surface area contributed by atoms with Gasteiger partial charge >= 0.3 is 0 Å². The molecule has 0 aromatic heterocycles. The number of rotatable bonds is 10. The van der Waals surface area contributed by atoms with Gasteiger partial charge < -0.3 is 15.0 Å². The van der Waals surface area contributed by atoms with Crippen molar-refractivity contribution < 1.29 is 14.3 Å². The van der Waals surface area contributed by atoms with Crippen molar-refractivity contribution in [2.75, 3.05) is 6.61 Å². The number of hydrogen-bond donors (Lipinski definition) is 1. The zero-order chi connectivity index (χ0) is 23.8. The fourth-order valence-corrected chi connectivity index (χ4v) is 4.34. The molecule has 2 aromatic rings. The predicted molar refractivity (Wildman–Crippen MR) is 134 cm³/mol. The first-order valence-corrected chi connectivity index (χ1v) is 12.2. The van der Waals surface area contributed by atoms with Gasteiger partial charge in [0.15, 0.2) is 6.61 Å². The van der Waals surface area contributed by atoms with Crippen LogP contribution in [0.5, 0.6) is 5.75 Å². The lowest BCUT2D eigenvalue weighted by Gasteiger charge is -2.32. The van der Waals surface area contributed by atoms with E-state index in [1.807, 2.05) is 20.8 Å². The number of carbonyl (C=O) groups excluding carboxylic acids is 2. The summed E-state index contributed by atoms with van der Waals surface area (Å²) >= 11 is 22.0. The summed E-state index contributed by atoms with van der Waals surface area (Å²) in [6, 6.07) is 9.43. The Hall–Kier alpha value is -1.47. The molecule has 174 valence electrons. The lowest BCUT2D eigenvalue weighted by Crippen LogP contribution is -2.51. The number of benzene rings is 2. The van der Waals surface area contributed by atoms with E-state index in [0.717, 1.165) is 6.42 Å². The number of nitrogens with one attached hydrogen (secondary N) is 1. The van der Waals surface area contributed by atoms with E-state index in [4.69, 9.17) is 39.5 Å². The van der Waals surface area contributed by atoms with Gasteiger partial charge in [0.1, 0.15) is 11.8 Å². The van der Waals surface area contributed by atoms with Crippen molar-refractivity contribution in [3.05, 3.63) is 61.5 Å². The summed E-state index contributed by atoms with van der Waals surface area (Å²) < 4.78 is 6.34. The molecule has 0 aliphatic carbocycles. The van der Waals surface area contributed by atoms with Gasteiger partial charge in [-0.1, -0.05) is 54.7 Å². The van der Waals surface area contributed by atoms with Crippen LogP contribution in [0.4, 0.5) is 0 Å². The van der Waals surface area contributed by atoms with Crippen LogP contribution in [0.15, 0.2) is 40.9 Å². The molecule has 0 fully saturated rings. The first-order valence-electron chi connectivity index (χ1n) is 10.3. The van der Waals surface area contributed by atoms with E-state index in [0.29, 0.717) is 37.3 Å². The fourth-order valence-electron chi connectivity index (χ4n) is 3.03. The third-order valence-electron chi connectivity index (χ3n) is 5.02. The van der Waals surface area contributed by atoms with Gasteiger partial charge in [-0.25, -0.2) is 0 Å². The standard InChI is InChI=1S/C23H26BrCl3N2O3/c1-4-14(3)28-23(31)20(5-2)29(12-16-18(26)7-6-8-19(16)27)22(30)13-32-21-10-9-15(25)11-17(21)24/h6-11,14,20H,4-5,12-13H2,1-3H3,(H,28,31)/t14-,20-/m0/s1. The highest BCUT2D eigenvalue weighted by Gasteiger charge is 2.30. The van der Waals surface area contributed by atoms with E-state index in [2.05, 4.69) is 21.2 Å². The molecule has 0 unspecified atom stereocenters. The van der Waals surface area contributed by atoms with E-state index in [1.165, 1.54) is 4.90 Å². The average Bonchev–Trinajstić information content (AvgIpc) is 2.74. The van der Waals surface area contributed by atoms with Crippen LogP contribution in [-0.4, -0.2) is 35.4 Å². The molecule has 0 aliphatic rings. The van der Waals surface area contributed by atoms with E-state index in [1.54, 1.807) is 36.4 Å². The van der Waals surface area contributed by atoms with Crippen molar-refractivity contribution >= 4 is 62.5 Å². The Bertz CT molecular complexity index is 938. The van der Waals surface area contributed by atoms with Crippen molar-refractivity contribution in [1.82, 2.24) is 10.2 Å². The van der Waals surface area contributed by atoms with Crippen molar-refractivity contribution in [2.24, 2.45) is 0 Å². The SMILES string of the molecule is CC[C@H](C)NC(=O)[C@H](CC)N(Cc1c(Cl)cccc1Cl)C(=O)COc1ccc(Cl)cc1Br. The van der Waals surface area contributed by atoms with Gasteiger partial charge in [-0.2, -0.15) is 0 Å². The Morgan fingerprint density at radius 3 is 2.31 bits per heavy atom. The van der Waals surface area contributed by atoms with Gasteiger partial charge in [0.2, 0.25) is 5.91 Å². The average molecular weight is 565 g/mol. The zero-order valence-corrected chi connectivity index (χ0v) is 22.0. The quantitative estimate of drug-likeness (QED) is 0.358. The third kappa shape index (κ3) is 7.27. The van der Waals surface area contributed by atoms with Crippen LogP contribution < -0.4 is 10.1 Å². The maximum atomic E-state index is 13.3. The van der Waals surface area contributed by atoms with Gasteiger partial charge in [0.05, 0.1) is 4.47 Å². The minimum absolute atomic E-state index is 0.0151. The summed E-state index contributed by atoms with van der Waals surface area (Å²) in [6.07, 6.45) is 1.20. The van der Waals surface area contributed by atoms with E-state index >= 15 is 0 Å². The second-order valence-corrected chi connectivity index (χ2v) is 9.43. The highest BCUT2D eigenvalue weighted by atomic mass is 79.9. The number of ether oxygens (including phenoxy) is 1. The van der Waals surface area contributed by atoms with Crippen LogP contribution in [0.2, 0.25) is 15.1 Å². The summed E-state index contributed by atoms with van der Waals surface area (Å²) in [7, 11) is 0. The topological polar surface area (TPSA) is 58.6 Å². The van der Waals surface area contributed by atoms with E-state index in [9.17, 15) is 9.59 Å². The molecule has 5 nitrogen and oxygen atoms in total. The molecule has 9 heteroatoms. The minimum Gasteiger partial charge on any atom is -0.483 e. The van der Waals surface area contributed by atoms with Crippen LogP contribution >= 0.6 is 50.7 Å². The third-order valence-corrected chi connectivity index (χ3v) is 6.59. The number of nitrogens with zero attached hydrogens (tertiary/aromatic N) is 1. The highest BCUT2D eigenvalue weighted by Crippen LogP contribution is 2.29. The van der Waals surface area contributed by atoms with Crippen molar-refractivity contribution in [1.29, 1.82) is 0 Å². The van der Waals surface area contributed by atoms with Gasteiger partial charge in [0.25, 0.3) is 5.91 Å². The molecule has 0 spiro atoms. The molecule has 0 bridgehead atoms. The van der Waals surface area contributed by atoms with Crippen LogP contribution in [0, 0.1) is 0 Å². The Morgan fingerprint density at radius 2 is 1.75 bits per heavy atom. The second kappa shape index (κ2) is 12.7. The molecular formula is C23H26BrCl3N2O3. The molecule has 32 heavy (non-hydrogen) atoms. The molecule has 1 N–H and O–H groups in total. The predicted octanol–water partition coefficient (Wildman–Crippen LogP) is 6.51. The van der Waals surface area contributed by atoms with Crippen LogP contribution in [0.1, 0.15) is 39.2 Å². The first-order chi connectivity index (χ1) is 15.2. The number of amides is 2. The smallest absolute Gasteiger partial charge is 0.261 e. The lowest BCUT2D eigenvalue weighted by molar-refractivity contribution is -0.143. The Kier molecular flexibility index (Phi) is 10.6. The van der Waals surface area contributed by atoms with Crippen LogP contribution in [-0.2, 0) is 16.1 Å². The van der Waals surface area contributed by atoms with Crippen LogP contribution in [0.3, 0.4) is 0 Å². The zero-order valence-electron chi connectivity index (χ0n) is 18.1. The van der Waals surface area contributed by atoms with Gasteiger partial charge in [0, 0.05) is 33.2 Å². The van der Waals surface area contributed by atoms with Crippen molar-refractivity contribution in [3.8, 4) is 5.75 Å². The number of hydrogen-bond acceptors (Lipinski definition) is 3. The molecule has 2 aromatic carbocycles. The van der Waals surface area contributed by atoms with Gasteiger partial charge in [-0.15, -0.1) is 0 Å². The number of carbonyl (C=O) groups is 2. The molecule has 0 aliphatic heterocycles. The lowest BCUT2D eigenvalue weighted by atomic mass is 10.1. The molecule has 0 radical (unpaired) electrons. The molecule has 0 heterocycles. The Balaban J connectivity index is 2.30. The van der Waals surface area contributed by atoms with Crippen LogP contribution in [0.25, 0.3) is 0 Å². The van der Waals surface area contributed by atoms with Crippen molar-refractivity contribution in [2.45, 2.75) is 52.2 Å². The summed E-state index contributed by atoms with van der Waals surface area (Å²) in [5.74, 6) is -0.129. The first kappa shape index (κ1) is 26.8. The van der Waals surface area contributed by atoms with Gasteiger partial charge in [-0.3, -0.25) is 9.59 Å².